The van der Waals surface area contributed by atoms with Gasteiger partial charge in [0, 0.05) is 18.1 Å². The van der Waals surface area contributed by atoms with Crippen molar-refractivity contribution in [2.45, 2.75) is 44.7 Å². The SMILES string of the molecule is O=C(CCCCN1CCCCC1)Nc1cc(-c2ccc(C(F)(F)F)cc2)n[nH]1. The van der Waals surface area contributed by atoms with E-state index in [-0.39, 0.29) is 5.91 Å². The molecule has 0 atom stereocenters. The van der Waals surface area contributed by atoms with Crippen LogP contribution >= 0.6 is 0 Å². The van der Waals surface area contributed by atoms with Crippen molar-refractivity contribution < 1.29 is 18.0 Å². The molecule has 0 saturated carbocycles. The Labute approximate surface area is 162 Å². The summed E-state index contributed by atoms with van der Waals surface area (Å²) in [5, 5.41) is 9.53. The van der Waals surface area contributed by atoms with Crippen LogP contribution in [0.2, 0.25) is 0 Å². The van der Waals surface area contributed by atoms with Crippen LogP contribution in [0, 0.1) is 0 Å². The molecule has 0 bridgehead atoms. The maximum Gasteiger partial charge on any atom is 0.416 e. The predicted octanol–water partition coefficient (Wildman–Crippen LogP) is 4.69. The lowest BCUT2D eigenvalue weighted by Crippen LogP contribution is -2.30. The van der Waals surface area contributed by atoms with E-state index in [1.54, 1.807) is 6.07 Å². The van der Waals surface area contributed by atoms with Gasteiger partial charge in [-0.3, -0.25) is 9.89 Å². The summed E-state index contributed by atoms with van der Waals surface area (Å²) in [4.78, 5) is 14.5. The van der Waals surface area contributed by atoms with E-state index in [4.69, 9.17) is 0 Å². The number of benzene rings is 1. The highest BCUT2D eigenvalue weighted by Crippen LogP contribution is 2.30. The number of nitrogens with one attached hydrogen (secondary N) is 2. The van der Waals surface area contributed by atoms with Gasteiger partial charge in [0.2, 0.25) is 5.91 Å². The van der Waals surface area contributed by atoms with Crippen molar-refractivity contribution in [1.82, 2.24) is 15.1 Å². The highest BCUT2D eigenvalue weighted by atomic mass is 19.4. The van der Waals surface area contributed by atoms with E-state index in [1.165, 1.54) is 31.4 Å². The zero-order chi connectivity index (χ0) is 20.0. The first-order chi connectivity index (χ1) is 13.4. The average molecular weight is 394 g/mol. The van der Waals surface area contributed by atoms with Gasteiger partial charge in [-0.05, 0) is 57.5 Å². The van der Waals surface area contributed by atoms with Gasteiger partial charge < -0.3 is 10.2 Å². The van der Waals surface area contributed by atoms with Crippen molar-refractivity contribution in [3.05, 3.63) is 35.9 Å². The number of anilines is 1. The Balaban J connectivity index is 1.44. The van der Waals surface area contributed by atoms with Crippen molar-refractivity contribution in [3.63, 3.8) is 0 Å². The van der Waals surface area contributed by atoms with Gasteiger partial charge in [-0.1, -0.05) is 18.6 Å². The molecule has 0 radical (unpaired) electrons. The van der Waals surface area contributed by atoms with Crippen LogP contribution in [-0.2, 0) is 11.0 Å². The normalized spacial score (nSPS) is 15.5. The first kappa shape index (κ1) is 20.4. The van der Waals surface area contributed by atoms with Crippen LogP contribution in [0.1, 0.15) is 44.1 Å². The summed E-state index contributed by atoms with van der Waals surface area (Å²) < 4.78 is 37.9. The number of nitrogens with zero attached hydrogens (tertiary/aromatic N) is 2. The third-order valence-electron chi connectivity index (χ3n) is 4.94. The lowest BCUT2D eigenvalue weighted by atomic mass is 10.1. The summed E-state index contributed by atoms with van der Waals surface area (Å²) in [7, 11) is 0. The molecule has 3 rings (SSSR count). The van der Waals surface area contributed by atoms with Crippen molar-refractivity contribution >= 4 is 11.7 Å². The third kappa shape index (κ3) is 5.82. The van der Waals surface area contributed by atoms with Gasteiger partial charge in [-0.25, -0.2) is 0 Å². The van der Waals surface area contributed by atoms with Crippen LogP contribution in [-0.4, -0.2) is 40.6 Å². The van der Waals surface area contributed by atoms with Gasteiger partial charge in [-0.15, -0.1) is 0 Å². The minimum absolute atomic E-state index is 0.0961. The number of halogens is 3. The van der Waals surface area contributed by atoms with Crippen LogP contribution in [0.3, 0.4) is 0 Å². The topological polar surface area (TPSA) is 61.0 Å². The summed E-state index contributed by atoms with van der Waals surface area (Å²) in [6.07, 6.45) is 1.73. The minimum atomic E-state index is -4.36. The molecule has 5 nitrogen and oxygen atoms in total. The van der Waals surface area contributed by atoms with Gasteiger partial charge >= 0.3 is 6.18 Å². The first-order valence-electron chi connectivity index (χ1n) is 9.67. The van der Waals surface area contributed by atoms with E-state index in [0.717, 1.165) is 44.6 Å². The second-order valence-electron chi connectivity index (χ2n) is 7.15. The molecule has 2 N–H and O–H groups in total. The van der Waals surface area contributed by atoms with Gasteiger partial charge in [-0.2, -0.15) is 18.3 Å². The molecule has 0 aliphatic carbocycles. The Morgan fingerprint density at radius 1 is 1.11 bits per heavy atom. The predicted molar refractivity (Wildman–Crippen MR) is 102 cm³/mol. The second kappa shape index (κ2) is 9.23. The van der Waals surface area contributed by atoms with E-state index in [1.807, 2.05) is 0 Å². The molecule has 28 heavy (non-hydrogen) atoms. The van der Waals surface area contributed by atoms with Crippen molar-refractivity contribution in [2.24, 2.45) is 0 Å². The van der Waals surface area contributed by atoms with E-state index < -0.39 is 11.7 Å². The number of carbonyl (C=O) groups excluding carboxylic acids is 1. The quantitative estimate of drug-likeness (QED) is 0.670. The molecule has 1 aromatic carbocycles. The number of hydrogen-bond donors (Lipinski definition) is 2. The number of rotatable bonds is 7. The first-order valence-corrected chi connectivity index (χ1v) is 9.67. The maximum absolute atomic E-state index is 12.6. The zero-order valence-corrected chi connectivity index (χ0v) is 15.7. The number of likely N-dealkylation sites (tertiary alicyclic amines) is 1. The Morgan fingerprint density at radius 2 is 1.82 bits per heavy atom. The number of H-pyrrole nitrogens is 1. The Hall–Kier alpha value is -2.35. The van der Waals surface area contributed by atoms with Gasteiger partial charge in [0.15, 0.2) is 0 Å². The number of hydrogen-bond acceptors (Lipinski definition) is 3. The van der Waals surface area contributed by atoms with Crippen LogP contribution < -0.4 is 5.32 Å². The second-order valence-corrected chi connectivity index (χ2v) is 7.15. The van der Waals surface area contributed by atoms with E-state index >= 15 is 0 Å². The van der Waals surface area contributed by atoms with Gasteiger partial charge in [0.05, 0.1) is 11.3 Å². The minimum Gasteiger partial charge on any atom is -0.311 e. The number of piperidine rings is 1. The molecular formula is C20H25F3N4O. The Morgan fingerprint density at radius 3 is 2.50 bits per heavy atom. The van der Waals surface area contributed by atoms with Crippen LogP contribution in [0.25, 0.3) is 11.3 Å². The highest BCUT2D eigenvalue weighted by Gasteiger charge is 2.30. The lowest BCUT2D eigenvalue weighted by molar-refractivity contribution is -0.137. The summed E-state index contributed by atoms with van der Waals surface area (Å²) in [5.41, 5.74) is 0.324. The molecule has 1 aromatic heterocycles. The van der Waals surface area contributed by atoms with Crippen molar-refractivity contribution in [3.8, 4) is 11.3 Å². The number of unbranched alkanes of at least 4 members (excludes halogenated alkanes) is 1. The van der Waals surface area contributed by atoms with Gasteiger partial charge in [0.1, 0.15) is 5.82 Å². The van der Waals surface area contributed by atoms with Crippen molar-refractivity contribution in [2.75, 3.05) is 25.0 Å². The van der Waals surface area contributed by atoms with Crippen LogP contribution in [0.15, 0.2) is 30.3 Å². The average Bonchev–Trinajstić information content (AvgIpc) is 3.14. The van der Waals surface area contributed by atoms with Crippen molar-refractivity contribution in [1.29, 1.82) is 0 Å². The molecular weight excluding hydrogens is 369 g/mol. The zero-order valence-electron chi connectivity index (χ0n) is 15.7. The summed E-state index contributed by atoms with van der Waals surface area (Å²) in [6, 6.07) is 6.39. The number of amides is 1. The molecule has 2 heterocycles. The molecule has 2 aromatic rings. The van der Waals surface area contributed by atoms with Crippen LogP contribution in [0.4, 0.5) is 19.0 Å². The number of aromatic nitrogens is 2. The molecule has 1 aliphatic rings. The summed E-state index contributed by atoms with van der Waals surface area (Å²) in [6.45, 7) is 3.36. The largest absolute Gasteiger partial charge is 0.416 e. The number of carbonyl (C=O) groups is 1. The number of aromatic amines is 1. The molecule has 1 fully saturated rings. The molecule has 1 aliphatic heterocycles. The third-order valence-corrected chi connectivity index (χ3v) is 4.94. The molecule has 8 heteroatoms. The Kier molecular flexibility index (Phi) is 6.72. The van der Waals surface area contributed by atoms with E-state index in [9.17, 15) is 18.0 Å². The molecule has 1 amide bonds. The summed E-state index contributed by atoms with van der Waals surface area (Å²) >= 11 is 0. The van der Waals surface area contributed by atoms with E-state index in [2.05, 4.69) is 20.4 Å². The maximum atomic E-state index is 12.6. The summed E-state index contributed by atoms with van der Waals surface area (Å²) in [5.74, 6) is 0.345. The lowest BCUT2D eigenvalue weighted by Gasteiger charge is -2.26. The van der Waals surface area contributed by atoms with E-state index in [0.29, 0.717) is 23.5 Å². The fraction of sp³-hybridized carbons (Fsp3) is 0.500. The standard InChI is InChI=1S/C20H25F3N4O/c21-20(22,23)16-9-7-15(8-10-16)17-14-18(26-25-17)24-19(28)6-2-5-13-27-11-3-1-4-12-27/h7-10,14H,1-6,11-13H2,(H2,24,25,26,28). The molecule has 0 spiro atoms. The smallest absolute Gasteiger partial charge is 0.311 e. The van der Waals surface area contributed by atoms with Crippen LogP contribution in [0.5, 0.6) is 0 Å². The highest BCUT2D eigenvalue weighted by molar-refractivity contribution is 5.90. The molecule has 0 unspecified atom stereocenters. The van der Waals surface area contributed by atoms with Gasteiger partial charge in [0.25, 0.3) is 0 Å². The monoisotopic (exact) mass is 394 g/mol. The Bertz CT molecular complexity index is 765. The number of alkyl halides is 3. The fourth-order valence-corrected chi connectivity index (χ4v) is 3.38. The fourth-order valence-electron chi connectivity index (χ4n) is 3.38. The molecule has 1 saturated heterocycles. The molecule has 152 valence electrons.